The third kappa shape index (κ3) is 4.85. The van der Waals surface area contributed by atoms with Crippen LogP contribution in [0.25, 0.3) is 0 Å². The number of amides is 1. The molecule has 2 unspecified atom stereocenters. The number of nitrogens with zero attached hydrogens (tertiary/aromatic N) is 5. The molecule has 1 aliphatic rings. The first-order valence-electron chi connectivity index (χ1n) is 9.90. The van der Waals surface area contributed by atoms with Crippen molar-refractivity contribution in [1.29, 1.82) is 10.5 Å². The minimum atomic E-state index is -0.553. The first-order valence-corrected chi connectivity index (χ1v) is 9.90. The van der Waals surface area contributed by atoms with Crippen molar-refractivity contribution in [2.75, 3.05) is 19.4 Å². The number of hydrogen-bond acceptors (Lipinski definition) is 6. The summed E-state index contributed by atoms with van der Waals surface area (Å²) in [6.45, 7) is 4.33. The van der Waals surface area contributed by atoms with Crippen LogP contribution in [0.5, 0.6) is 0 Å². The Morgan fingerprint density at radius 3 is 2.58 bits per heavy atom. The molecule has 1 aliphatic heterocycles. The number of benzene rings is 1. The highest BCUT2D eigenvalue weighted by molar-refractivity contribution is 6.04. The maximum atomic E-state index is 12.8. The molecule has 0 radical (unpaired) electrons. The first-order chi connectivity index (χ1) is 14.8. The Morgan fingerprint density at radius 1 is 1.19 bits per heavy atom. The number of anilines is 1. The van der Waals surface area contributed by atoms with E-state index in [1.165, 1.54) is 0 Å². The van der Waals surface area contributed by atoms with Crippen molar-refractivity contribution >= 4 is 17.4 Å². The third-order valence-electron chi connectivity index (χ3n) is 5.16. The lowest BCUT2D eigenvalue weighted by molar-refractivity contribution is 0.102. The van der Waals surface area contributed by atoms with Gasteiger partial charge in [-0.3, -0.25) is 9.79 Å². The van der Waals surface area contributed by atoms with Gasteiger partial charge in [-0.15, -0.1) is 0 Å². The lowest BCUT2D eigenvalue weighted by Gasteiger charge is -2.27. The first kappa shape index (κ1) is 21.9. The lowest BCUT2D eigenvalue weighted by atomic mass is 9.76. The Balaban J connectivity index is 1.86. The summed E-state index contributed by atoms with van der Waals surface area (Å²) in [6.07, 6.45) is 1.74. The Hall–Kier alpha value is -3.81. The van der Waals surface area contributed by atoms with Gasteiger partial charge in [0.2, 0.25) is 0 Å². The molecule has 0 aliphatic carbocycles. The molecule has 7 heteroatoms. The number of aromatic nitrogens is 1. The van der Waals surface area contributed by atoms with E-state index in [4.69, 9.17) is 0 Å². The summed E-state index contributed by atoms with van der Waals surface area (Å²) in [5, 5.41) is 22.2. The fraction of sp³-hybridized carbons (Fsp3) is 0.292. The molecule has 1 aromatic carbocycles. The predicted molar refractivity (Wildman–Crippen MR) is 119 cm³/mol. The van der Waals surface area contributed by atoms with E-state index in [0.29, 0.717) is 28.4 Å². The molecule has 1 aromatic heterocycles. The molecule has 0 saturated heterocycles. The van der Waals surface area contributed by atoms with E-state index in [2.05, 4.69) is 27.4 Å². The number of hydrogen-bond donors (Lipinski definition) is 1. The Kier molecular flexibility index (Phi) is 6.59. The van der Waals surface area contributed by atoms with Gasteiger partial charge >= 0.3 is 0 Å². The van der Waals surface area contributed by atoms with Gasteiger partial charge in [0.1, 0.15) is 5.82 Å². The monoisotopic (exact) mass is 412 g/mol. The van der Waals surface area contributed by atoms with Gasteiger partial charge in [-0.05, 0) is 57.3 Å². The fourth-order valence-corrected chi connectivity index (χ4v) is 3.72. The van der Waals surface area contributed by atoms with Crippen LogP contribution in [0.4, 0.5) is 5.82 Å². The Morgan fingerprint density at radius 2 is 1.97 bits per heavy atom. The zero-order chi connectivity index (χ0) is 22.5. The van der Waals surface area contributed by atoms with Gasteiger partial charge in [0.15, 0.2) is 0 Å². The van der Waals surface area contributed by atoms with E-state index in [1.54, 1.807) is 44.3 Å². The molecule has 1 N–H and O–H groups in total. The highest BCUT2D eigenvalue weighted by Crippen LogP contribution is 2.38. The summed E-state index contributed by atoms with van der Waals surface area (Å²) < 4.78 is 0. The summed E-state index contributed by atoms with van der Waals surface area (Å²) in [5.74, 6) is -0.850. The highest BCUT2D eigenvalue weighted by Gasteiger charge is 2.34. The van der Waals surface area contributed by atoms with Crippen LogP contribution in [0.3, 0.4) is 0 Å². The minimum Gasteiger partial charge on any atom is -0.307 e. The molecule has 31 heavy (non-hydrogen) atoms. The van der Waals surface area contributed by atoms with Crippen molar-refractivity contribution in [3.05, 3.63) is 70.6 Å². The maximum absolute atomic E-state index is 12.8. The molecular weight excluding hydrogens is 388 g/mol. The molecule has 156 valence electrons. The summed E-state index contributed by atoms with van der Waals surface area (Å²) in [7, 11) is 3.96. The van der Waals surface area contributed by atoms with Crippen LogP contribution in [-0.4, -0.2) is 35.6 Å². The molecule has 2 heterocycles. The molecular formula is C24H24N6O. The molecule has 0 saturated carbocycles. The average molecular weight is 412 g/mol. The molecule has 2 aromatic rings. The number of allylic oxidation sites excluding steroid dienone is 2. The van der Waals surface area contributed by atoms with Crippen LogP contribution in [0, 0.1) is 28.6 Å². The minimum absolute atomic E-state index is 0.302. The van der Waals surface area contributed by atoms with Crippen LogP contribution in [0.15, 0.2) is 58.9 Å². The SMILES string of the molecule is CC1=NC(C)=C(C#N)C(c2cccc(C(=O)Nc3ccc(CN(C)C)cn3)c2)C1C#N. The molecule has 0 spiro atoms. The van der Waals surface area contributed by atoms with Crippen LogP contribution in [0.1, 0.15) is 41.3 Å². The van der Waals surface area contributed by atoms with Crippen molar-refractivity contribution in [3.8, 4) is 12.1 Å². The smallest absolute Gasteiger partial charge is 0.256 e. The number of pyridine rings is 1. The highest BCUT2D eigenvalue weighted by atomic mass is 16.1. The Labute approximate surface area is 182 Å². The van der Waals surface area contributed by atoms with Gasteiger partial charge in [-0.1, -0.05) is 18.2 Å². The second-order valence-electron chi connectivity index (χ2n) is 7.82. The second-order valence-corrected chi connectivity index (χ2v) is 7.82. The van der Waals surface area contributed by atoms with E-state index in [1.807, 2.05) is 31.1 Å². The molecule has 0 fully saturated rings. The Bertz CT molecular complexity index is 1130. The van der Waals surface area contributed by atoms with Gasteiger partial charge in [-0.2, -0.15) is 10.5 Å². The summed E-state index contributed by atoms with van der Waals surface area (Å²) >= 11 is 0. The second kappa shape index (κ2) is 9.34. The fourth-order valence-electron chi connectivity index (χ4n) is 3.72. The largest absolute Gasteiger partial charge is 0.307 e. The number of rotatable bonds is 5. The van der Waals surface area contributed by atoms with E-state index in [0.717, 1.165) is 17.7 Å². The summed E-state index contributed by atoms with van der Waals surface area (Å²) in [5.41, 5.74) is 3.94. The van der Waals surface area contributed by atoms with E-state index < -0.39 is 11.8 Å². The van der Waals surface area contributed by atoms with Gasteiger partial charge < -0.3 is 10.2 Å². The van der Waals surface area contributed by atoms with Gasteiger partial charge in [0.05, 0.1) is 29.3 Å². The molecule has 3 rings (SSSR count). The van der Waals surface area contributed by atoms with Crippen LogP contribution < -0.4 is 5.32 Å². The average Bonchev–Trinajstić information content (AvgIpc) is 2.74. The van der Waals surface area contributed by atoms with Crippen LogP contribution >= 0.6 is 0 Å². The normalized spacial score (nSPS) is 18.2. The van der Waals surface area contributed by atoms with Crippen molar-refractivity contribution in [3.63, 3.8) is 0 Å². The van der Waals surface area contributed by atoms with E-state index >= 15 is 0 Å². The van der Waals surface area contributed by atoms with Crippen molar-refractivity contribution in [1.82, 2.24) is 9.88 Å². The number of nitrogens with one attached hydrogen (secondary N) is 1. The van der Waals surface area contributed by atoms with Crippen LogP contribution in [-0.2, 0) is 6.54 Å². The molecule has 7 nitrogen and oxygen atoms in total. The zero-order valence-electron chi connectivity index (χ0n) is 18.0. The lowest BCUT2D eigenvalue weighted by Crippen LogP contribution is -2.25. The number of aliphatic imine (C=N–C) groups is 1. The third-order valence-corrected chi connectivity index (χ3v) is 5.16. The maximum Gasteiger partial charge on any atom is 0.256 e. The van der Waals surface area contributed by atoms with Crippen molar-refractivity contribution in [2.45, 2.75) is 26.3 Å². The predicted octanol–water partition coefficient (Wildman–Crippen LogP) is 3.89. The topological polar surface area (TPSA) is 105 Å². The summed E-state index contributed by atoms with van der Waals surface area (Å²) in [4.78, 5) is 23.5. The van der Waals surface area contributed by atoms with Gasteiger partial charge in [-0.25, -0.2) is 4.98 Å². The van der Waals surface area contributed by atoms with Crippen molar-refractivity contribution < 1.29 is 4.79 Å². The van der Waals surface area contributed by atoms with E-state index in [-0.39, 0.29) is 5.91 Å². The number of carbonyl (C=O) groups is 1. The standard InChI is InChI=1S/C24H24N6O/c1-15-20(11-25)23(21(12-26)16(2)28-15)18-6-5-7-19(10-18)24(31)29-22-9-8-17(13-27-22)14-30(3)4/h5-10,13,20,23H,14H2,1-4H3,(H,27,29,31). The summed E-state index contributed by atoms with van der Waals surface area (Å²) in [6, 6.07) is 15.2. The number of carbonyl (C=O) groups excluding carboxylic acids is 1. The van der Waals surface area contributed by atoms with Gasteiger partial charge in [0.25, 0.3) is 5.91 Å². The number of nitriles is 2. The molecule has 1 amide bonds. The zero-order valence-corrected chi connectivity index (χ0v) is 18.0. The molecule has 0 bridgehead atoms. The molecule has 2 atom stereocenters. The quantitative estimate of drug-likeness (QED) is 0.802. The van der Waals surface area contributed by atoms with E-state index in [9.17, 15) is 15.3 Å². The van der Waals surface area contributed by atoms with Gasteiger partial charge in [0, 0.05) is 29.9 Å². The van der Waals surface area contributed by atoms with Crippen LogP contribution in [0.2, 0.25) is 0 Å². The van der Waals surface area contributed by atoms with Crippen molar-refractivity contribution in [2.24, 2.45) is 10.9 Å².